The molecule has 0 spiro atoms. The number of benzene rings is 1. The molecule has 0 saturated heterocycles. The van der Waals surface area contributed by atoms with Crippen molar-refractivity contribution in [2.45, 2.75) is 6.92 Å². The first-order chi connectivity index (χ1) is 6.66. The molecule has 0 saturated carbocycles. The predicted octanol–water partition coefficient (Wildman–Crippen LogP) is 2.98. The zero-order chi connectivity index (χ0) is 10.1. The van der Waals surface area contributed by atoms with Crippen LogP contribution in [0.4, 0.5) is 4.39 Å². The highest BCUT2D eigenvalue weighted by atomic mass is 32.1. The van der Waals surface area contributed by atoms with Gasteiger partial charge in [0.05, 0.1) is 5.69 Å². The number of hydrogen-bond donors (Lipinski definition) is 1. The second-order valence-electron chi connectivity index (χ2n) is 3.09. The minimum Gasteiger partial charge on any atom is -0.297 e. The molecule has 2 nitrogen and oxygen atoms in total. The molecule has 0 aliphatic rings. The zero-order valence-corrected chi connectivity index (χ0v) is 8.44. The first kappa shape index (κ1) is 9.15. The highest BCUT2D eigenvalue weighted by Gasteiger charge is 2.00. The number of halogens is 1. The summed E-state index contributed by atoms with van der Waals surface area (Å²) in [4.78, 5) is 0. The Hall–Kier alpha value is -1.42. The number of aromatic nitrogens is 2. The second kappa shape index (κ2) is 3.38. The van der Waals surface area contributed by atoms with Crippen LogP contribution >= 0.6 is 12.2 Å². The Labute approximate surface area is 86.0 Å². The number of H-pyrrole nitrogens is 1. The third kappa shape index (κ3) is 1.61. The standard InChI is InChI=1S/C10H9FN2S/c1-7-5-10(14)13(12-7)9-4-2-3-8(11)6-9/h2-6,12H,1H3. The van der Waals surface area contributed by atoms with Crippen molar-refractivity contribution in [3.05, 3.63) is 46.5 Å². The average Bonchev–Trinajstić information content (AvgIpc) is 2.45. The van der Waals surface area contributed by atoms with Crippen molar-refractivity contribution in [1.29, 1.82) is 0 Å². The van der Waals surface area contributed by atoms with E-state index in [1.54, 1.807) is 16.8 Å². The Morgan fingerprint density at radius 3 is 2.71 bits per heavy atom. The molecule has 0 amide bonds. The van der Waals surface area contributed by atoms with Crippen molar-refractivity contribution < 1.29 is 4.39 Å². The van der Waals surface area contributed by atoms with Gasteiger partial charge in [0.15, 0.2) is 0 Å². The van der Waals surface area contributed by atoms with Crippen LogP contribution in [-0.4, -0.2) is 9.78 Å². The van der Waals surface area contributed by atoms with Gasteiger partial charge in [0.2, 0.25) is 0 Å². The van der Waals surface area contributed by atoms with Crippen molar-refractivity contribution in [2.24, 2.45) is 0 Å². The number of aryl methyl sites for hydroxylation is 1. The molecular formula is C10H9FN2S. The minimum atomic E-state index is -0.267. The first-order valence-electron chi connectivity index (χ1n) is 4.21. The predicted molar refractivity (Wildman–Crippen MR) is 55.6 cm³/mol. The summed E-state index contributed by atoms with van der Waals surface area (Å²) in [5.74, 6) is -0.267. The Balaban J connectivity index is 2.60. The van der Waals surface area contributed by atoms with Crippen LogP contribution in [0.5, 0.6) is 0 Å². The lowest BCUT2D eigenvalue weighted by atomic mass is 10.3. The lowest BCUT2D eigenvalue weighted by Crippen LogP contribution is -1.96. The molecule has 0 radical (unpaired) electrons. The van der Waals surface area contributed by atoms with Crippen LogP contribution in [0.15, 0.2) is 30.3 Å². The number of nitrogens with one attached hydrogen (secondary N) is 1. The SMILES string of the molecule is Cc1cc(=S)n(-c2cccc(F)c2)[nH]1. The van der Waals surface area contributed by atoms with E-state index in [0.29, 0.717) is 10.3 Å². The second-order valence-corrected chi connectivity index (χ2v) is 3.51. The number of hydrogen-bond acceptors (Lipinski definition) is 1. The van der Waals surface area contributed by atoms with Crippen molar-refractivity contribution in [2.75, 3.05) is 0 Å². The normalized spacial score (nSPS) is 10.4. The van der Waals surface area contributed by atoms with Crippen LogP contribution in [0.2, 0.25) is 0 Å². The molecule has 2 rings (SSSR count). The molecule has 0 fully saturated rings. The molecule has 0 aliphatic carbocycles. The fraction of sp³-hybridized carbons (Fsp3) is 0.100. The van der Waals surface area contributed by atoms with Crippen LogP contribution in [0.3, 0.4) is 0 Å². The highest BCUT2D eigenvalue weighted by molar-refractivity contribution is 7.71. The number of nitrogens with zero attached hydrogens (tertiary/aromatic N) is 1. The monoisotopic (exact) mass is 208 g/mol. The van der Waals surface area contributed by atoms with Gasteiger partial charge in [-0.2, -0.15) is 0 Å². The minimum absolute atomic E-state index is 0.267. The van der Waals surface area contributed by atoms with Gasteiger partial charge in [0, 0.05) is 5.69 Å². The summed E-state index contributed by atoms with van der Waals surface area (Å²) in [6.45, 7) is 1.91. The number of rotatable bonds is 1. The van der Waals surface area contributed by atoms with Crippen LogP contribution in [0.25, 0.3) is 5.69 Å². The molecule has 1 heterocycles. The van der Waals surface area contributed by atoms with Gasteiger partial charge in [-0.15, -0.1) is 0 Å². The fourth-order valence-corrected chi connectivity index (χ4v) is 1.65. The average molecular weight is 208 g/mol. The smallest absolute Gasteiger partial charge is 0.127 e. The van der Waals surface area contributed by atoms with E-state index >= 15 is 0 Å². The molecule has 4 heteroatoms. The largest absolute Gasteiger partial charge is 0.297 e. The van der Waals surface area contributed by atoms with Gasteiger partial charge >= 0.3 is 0 Å². The summed E-state index contributed by atoms with van der Waals surface area (Å²) >= 11 is 5.11. The Kier molecular flexibility index (Phi) is 2.21. The highest BCUT2D eigenvalue weighted by Crippen LogP contribution is 2.10. The maximum absolute atomic E-state index is 12.9. The van der Waals surface area contributed by atoms with Gasteiger partial charge < -0.3 is 0 Å². The van der Waals surface area contributed by atoms with Gasteiger partial charge in [0.1, 0.15) is 10.5 Å². The maximum atomic E-state index is 12.9. The maximum Gasteiger partial charge on any atom is 0.127 e. The van der Waals surface area contributed by atoms with Gasteiger partial charge in [-0.25, -0.2) is 9.07 Å². The molecular weight excluding hydrogens is 199 g/mol. The van der Waals surface area contributed by atoms with E-state index in [1.165, 1.54) is 12.1 Å². The summed E-state index contributed by atoms with van der Waals surface area (Å²) in [5.41, 5.74) is 1.67. The van der Waals surface area contributed by atoms with E-state index < -0.39 is 0 Å². The summed E-state index contributed by atoms with van der Waals surface area (Å²) in [6.07, 6.45) is 0. The van der Waals surface area contributed by atoms with Crippen molar-refractivity contribution >= 4 is 12.2 Å². The molecule has 1 aromatic carbocycles. The lowest BCUT2D eigenvalue weighted by Gasteiger charge is -2.01. The van der Waals surface area contributed by atoms with Crippen molar-refractivity contribution in [3.8, 4) is 5.69 Å². The third-order valence-corrected chi connectivity index (χ3v) is 2.22. The van der Waals surface area contributed by atoms with Crippen LogP contribution in [0, 0.1) is 17.4 Å². The Morgan fingerprint density at radius 2 is 2.14 bits per heavy atom. The zero-order valence-electron chi connectivity index (χ0n) is 7.62. The summed E-state index contributed by atoms with van der Waals surface area (Å²) in [5, 5.41) is 3.03. The summed E-state index contributed by atoms with van der Waals surface area (Å²) in [7, 11) is 0. The van der Waals surface area contributed by atoms with E-state index in [4.69, 9.17) is 12.2 Å². The van der Waals surface area contributed by atoms with Crippen molar-refractivity contribution in [3.63, 3.8) is 0 Å². The molecule has 0 bridgehead atoms. The lowest BCUT2D eigenvalue weighted by molar-refractivity contribution is 0.625. The summed E-state index contributed by atoms with van der Waals surface area (Å²) < 4.78 is 15.3. The quantitative estimate of drug-likeness (QED) is 0.714. The molecule has 0 aliphatic heterocycles. The molecule has 0 unspecified atom stereocenters. The topological polar surface area (TPSA) is 20.7 Å². The van der Waals surface area contributed by atoms with Gasteiger partial charge in [-0.3, -0.25) is 5.10 Å². The number of aromatic amines is 1. The third-order valence-electron chi connectivity index (χ3n) is 1.91. The molecule has 72 valence electrons. The van der Waals surface area contributed by atoms with E-state index in [-0.39, 0.29) is 5.82 Å². The fourth-order valence-electron chi connectivity index (χ4n) is 1.32. The first-order valence-corrected chi connectivity index (χ1v) is 4.62. The molecule has 0 atom stereocenters. The molecule has 2 aromatic rings. The van der Waals surface area contributed by atoms with E-state index in [2.05, 4.69) is 5.10 Å². The Bertz CT molecular complexity index is 513. The van der Waals surface area contributed by atoms with E-state index in [9.17, 15) is 4.39 Å². The van der Waals surface area contributed by atoms with E-state index in [1.807, 2.05) is 13.0 Å². The molecule has 1 N–H and O–H groups in total. The molecule has 14 heavy (non-hydrogen) atoms. The van der Waals surface area contributed by atoms with Crippen LogP contribution < -0.4 is 0 Å². The van der Waals surface area contributed by atoms with Crippen LogP contribution in [0.1, 0.15) is 5.69 Å². The Morgan fingerprint density at radius 1 is 1.36 bits per heavy atom. The van der Waals surface area contributed by atoms with Gasteiger partial charge in [0.25, 0.3) is 0 Å². The molecule has 1 aromatic heterocycles. The van der Waals surface area contributed by atoms with E-state index in [0.717, 1.165) is 5.69 Å². The van der Waals surface area contributed by atoms with Gasteiger partial charge in [-0.05, 0) is 31.2 Å². The van der Waals surface area contributed by atoms with Gasteiger partial charge in [-0.1, -0.05) is 18.3 Å². The summed E-state index contributed by atoms with van der Waals surface area (Å²) in [6, 6.07) is 8.13. The van der Waals surface area contributed by atoms with Crippen molar-refractivity contribution in [1.82, 2.24) is 9.78 Å². The van der Waals surface area contributed by atoms with Crippen LogP contribution in [-0.2, 0) is 0 Å².